The van der Waals surface area contributed by atoms with Crippen LogP contribution in [0.15, 0.2) is 61.2 Å². The average Bonchev–Trinajstić information content (AvgIpc) is 3.44. The molecule has 34 heavy (non-hydrogen) atoms. The molecular weight excluding hydrogens is 453 g/mol. The summed E-state index contributed by atoms with van der Waals surface area (Å²) in [5.41, 5.74) is 5.50. The number of pyridine rings is 1. The molecule has 1 atom stereocenters. The monoisotopic (exact) mass is 475 g/mol. The van der Waals surface area contributed by atoms with E-state index < -0.39 is 0 Å². The van der Waals surface area contributed by atoms with Gasteiger partial charge < -0.3 is 13.9 Å². The number of benzene rings is 2. The van der Waals surface area contributed by atoms with E-state index in [1.165, 1.54) is 6.07 Å². The molecule has 0 saturated carbocycles. The number of halogens is 2. The quantitative estimate of drug-likeness (QED) is 0.301. The SMILES string of the molecule is COc1cc(-c2nnc3n([C@H](C)c4ccc(C)cc4F)cc(Cl)cc2-3)ccc1-n1cnc(C)c1. The molecule has 0 spiro atoms. The van der Waals surface area contributed by atoms with Crippen LogP contribution in [0.25, 0.3) is 28.3 Å². The summed E-state index contributed by atoms with van der Waals surface area (Å²) in [5.74, 6) is 1.04. The minimum atomic E-state index is -0.326. The van der Waals surface area contributed by atoms with Crippen LogP contribution in [0.5, 0.6) is 5.75 Å². The molecule has 0 N–H and O–H groups in total. The molecule has 5 rings (SSSR count). The van der Waals surface area contributed by atoms with Crippen LogP contribution >= 0.6 is 11.6 Å². The molecule has 0 radical (unpaired) electrons. The normalized spacial score (nSPS) is 12.3. The van der Waals surface area contributed by atoms with Crippen LogP contribution in [0.4, 0.5) is 4.39 Å². The predicted octanol–water partition coefficient (Wildman–Crippen LogP) is 6.26. The van der Waals surface area contributed by atoms with Gasteiger partial charge in [0.25, 0.3) is 0 Å². The molecule has 172 valence electrons. The molecule has 8 heteroatoms. The van der Waals surface area contributed by atoms with Crippen molar-refractivity contribution in [3.63, 3.8) is 0 Å². The molecule has 0 aliphatic carbocycles. The molecule has 6 nitrogen and oxygen atoms in total. The summed E-state index contributed by atoms with van der Waals surface area (Å²) in [7, 11) is 1.63. The van der Waals surface area contributed by atoms with Crippen molar-refractivity contribution in [3.8, 4) is 34.1 Å². The summed E-state index contributed by atoms with van der Waals surface area (Å²) < 4.78 is 24.1. The van der Waals surface area contributed by atoms with Gasteiger partial charge in [0.15, 0.2) is 5.82 Å². The van der Waals surface area contributed by atoms with Crippen molar-refractivity contribution in [2.75, 3.05) is 7.11 Å². The molecule has 0 unspecified atom stereocenters. The molecule has 2 aliphatic rings. The first-order chi connectivity index (χ1) is 16.4. The maximum atomic E-state index is 14.7. The summed E-state index contributed by atoms with van der Waals surface area (Å²) in [4.78, 5) is 4.29. The molecule has 0 amide bonds. The van der Waals surface area contributed by atoms with E-state index in [1.807, 2.05) is 66.4 Å². The summed E-state index contributed by atoms with van der Waals surface area (Å²) in [5, 5.41) is 9.42. The van der Waals surface area contributed by atoms with E-state index in [-0.39, 0.29) is 11.9 Å². The predicted molar refractivity (Wildman–Crippen MR) is 130 cm³/mol. The Morgan fingerprint density at radius 1 is 1.03 bits per heavy atom. The topological polar surface area (TPSA) is 57.8 Å². The fourth-order valence-corrected chi connectivity index (χ4v) is 4.44. The van der Waals surface area contributed by atoms with Gasteiger partial charge in [-0.2, -0.15) is 0 Å². The minimum absolute atomic E-state index is 0.261. The summed E-state index contributed by atoms with van der Waals surface area (Å²) in [6.07, 6.45) is 5.44. The highest BCUT2D eigenvalue weighted by Crippen LogP contribution is 2.38. The fraction of sp³-hybridized carbons (Fsp3) is 0.192. The van der Waals surface area contributed by atoms with E-state index in [4.69, 9.17) is 16.3 Å². The van der Waals surface area contributed by atoms with Crippen LogP contribution in [0, 0.1) is 19.7 Å². The van der Waals surface area contributed by atoms with Gasteiger partial charge in [-0.05, 0) is 50.6 Å². The Hall–Kier alpha value is -3.71. The number of nitrogens with zero attached hydrogens (tertiary/aromatic N) is 5. The van der Waals surface area contributed by atoms with Crippen LogP contribution in [0.3, 0.4) is 0 Å². The number of hydrogen-bond acceptors (Lipinski definition) is 4. The van der Waals surface area contributed by atoms with Crippen molar-refractivity contribution in [2.45, 2.75) is 26.8 Å². The molecule has 2 aromatic carbocycles. The van der Waals surface area contributed by atoms with E-state index in [0.29, 0.717) is 27.9 Å². The van der Waals surface area contributed by atoms with Crippen LogP contribution in [0.1, 0.15) is 29.8 Å². The Morgan fingerprint density at radius 3 is 2.56 bits per heavy atom. The van der Waals surface area contributed by atoms with Crippen molar-refractivity contribution in [3.05, 3.63) is 88.8 Å². The van der Waals surface area contributed by atoms with Gasteiger partial charge >= 0.3 is 0 Å². The lowest BCUT2D eigenvalue weighted by molar-refractivity contribution is 0.413. The Balaban J connectivity index is 1.58. The Morgan fingerprint density at radius 2 is 1.85 bits per heavy atom. The first-order valence-electron chi connectivity index (χ1n) is 10.8. The third-order valence-corrected chi connectivity index (χ3v) is 6.20. The highest BCUT2D eigenvalue weighted by atomic mass is 35.5. The third kappa shape index (κ3) is 3.82. The van der Waals surface area contributed by atoms with Gasteiger partial charge in [-0.25, -0.2) is 9.37 Å². The number of ether oxygens (including phenoxy) is 1. The molecular formula is C26H23ClFN5O. The molecule has 3 heterocycles. The van der Waals surface area contributed by atoms with Crippen molar-refractivity contribution < 1.29 is 9.13 Å². The van der Waals surface area contributed by atoms with E-state index in [0.717, 1.165) is 28.1 Å². The fourth-order valence-electron chi connectivity index (χ4n) is 4.22. The summed E-state index contributed by atoms with van der Waals surface area (Å²) >= 11 is 6.50. The largest absolute Gasteiger partial charge is 0.495 e. The Labute approximate surface area is 202 Å². The first kappa shape index (κ1) is 22.1. The number of methoxy groups -OCH3 is 1. The molecule has 1 aromatic heterocycles. The van der Waals surface area contributed by atoms with Gasteiger partial charge in [0.2, 0.25) is 0 Å². The van der Waals surface area contributed by atoms with Crippen LogP contribution < -0.4 is 4.74 Å². The first-order valence-corrected chi connectivity index (χ1v) is 11.2. The van der Waals surface area contributed by atoms with Gasteiger partial charge in [-0.1, -0.05) is 29.8 Å². The summed E-state index contributed by atoms with van der Waals surface area (Å²) in [6.45, 7) is 5.72. The zero-order valence-corrected chi connectivity index (χ0v) is 20.0. The van der Waals surface area contributed by atoms with Crippen molar-refractivity contribution in [2.24, 2.45) is 0 Å². The van der Waals surface area contributed by atoms with Crippen molar-refractivity contribution >= 4 is 11.6 Å². The number of fused-ring (bicyclic) bond motifs is 1. The van der Waals surface area contributed by atoms with E-state index in [1.54, 1.807) is 25.7 Å². The van der Waals surface area contributed by atoms with Crippen LogP contribution in [0.2, 0.25) is 5.02 Å². The lowest BCUT2D eigenvalue weighted by Gasteiger charge is -2.21. The second-order valence-electron chi connectivity index (χ2n) is 8.36. The van der Waals surface area contributed by atoms with E-state index >= 15 is 0 Å². The Bertz CT molecular complexity index is 1470. The van der Waals surface area contributed by atoms with Gasteiger partial charge in [0.05, 0.1) is 35.9 Å². The minimum Gasteiger partial charge on any atom is -0.495 e. The van der Waals surface area contributed by atoms with E-state index in [9.17, 15) is 4.39 Å². The summed E-state index contributed by atoms with van der Waals surface area (Å²) in [6, 6.07) is 12.6. The maximum Gasteiger partial charge on any atom is 0.165 e. The second-order valence-corrected chi connectivity index (χ2v) is 8.80. The highest BCUT2D eigenvalue weighted by molar-refractivity contribution is 6.30. The average molecular weight is 476 g/mol. The number of rotatable bonds is 5. The number of aryl methyl sites for hydroxylation is 2. The molecule has 2 aliphatic heterocycles. The maximum absolute atomic E-state index is 14.7. The molecule has 0 saturated heterocycles. The van der Waals surface area contributed by atoms with E-state index in [2.05, 4.69) is 15.2 Å². The third-order valence-electron chi connectivity index (χ3n) is 6.00. The van der Waals surface area contributed by atoms with Gasteiger partial charge in [0.1, 0.15) is 17.3 Å². The van der Waals surface area contributed by atoms with Crippen molar-refractivity contribution in [1.82, 2.24) is 24.3 Å². The molecule has 3 aromatic rings. The number of imidazole rings is 1. The zero-order chi connectivity index (χ0) is 24.0. The van der Waals surface area contributed by atoms with Crippen molar-refractivity contribution in [1.29, 1.82) is 0 Å². The lowest BCUT2D eigenvalue weighted by atomic mass is 10.0. The highest BCUT2D eigenvalue weighted by Gasteiger charge is 2.24. The Kier molecular flexibility index (Phi) is 5.57. The smallest absolute Gasteiger partial charge is 0.165 e. The van der Waals surface area contributed by atoms with Gasteiger partial charge in [-0.3, -0.25) is 0 Å². The molecule has 0 bridgehead atoms. The number of hydrogen-bond donors (Lipinski definition) is 0. The van der Waals surface area contributed by atoms with Crippen LogP contribution in [-0.4, -0.2) is 31.4 Å². The standard InChI is InChI=1S/C26H23ClFN5O/c1-15-5-7-20(22(28)9-15)17(3)33-13-19(27)11-21-25(30-31-26(21)33)18-6-8-23(24(10-18)34-4)32-12-16(2)29-14-32/h5-14,17H,1-4H3/t17-/m1/s1. The van der Waals surface area contributed by atoms with Gasteiger partial charge in [0, 0.05) is 29.1 Å². The van der Waals surface area contributed by atoms with Crippen LogP contribution in [-0.2, 0) is 0 Å². The number of aromatic nitrogens is 5. The zero-order valence-electron chi connectivity index (χ0n) is 19.3. The van der Waals surface area contributed by atoms with Gasteiger partial charge in [-0.15, -0.1) is 10.2 Å². The second kappa shape index (κ2) is 8.57. The lowest BCUT2D eigenvalue weighted by Crippen LogP contribution is -2.12. The molecule has 0 fully saturated rings.